The van der Waals surface area contributed by atoms with Gasteiger partial charge < -0.3 is 9.73 Å². The Balaban J connectivity index is 2.23. The second-order valence-corrected chi connectivity index (χ2v) is 4.36. The molecule has 0 atom stereocenters. The molecule has 2 aromatic rings. The first kappa shape index (κ1) is 11.2. The Bertz CT molecular complexity index is 446. The molecule has 0 aliphatic carbocycles. The van der Waals surface area contributed by atoms with E-state index in [1.807, 2.05) is 0 Å². The van der Waals surface area contributed by atoms with Crippen LogP contribution in [0.15, 0.2) is 22.6 Å². The Morgan fingerprint density at radius 1 is 1.12 bits per heavy atom. The number of fused-ring (bicyclic) bond motifs is 1. The molecule has 0 amide bonds. The van der Waals surface area contributed by atoms with Gasteiger partial charge in [-0.1, -0.05) is 6.92 Å². The van der Waals surface area contributed by atoms with Crippen LogP contribution in [0.25, 0.3) is 11.0 Å². The summed E-state index contributed by atoms with van der Waals surface area (Å²) in [6.45, 7) is 8.27. The average molecular weight is 217 g/mol. The van der Waals surface area contributed by atoms with E-state index in [9.17, 15) is 0 Å². The Kier molecular flexibility index (Phi) is 3.30. The minimum atomic E-state index is 0.820. The first-order chi connectivity index (χ1) is 7.70. The van der Waals surface area contributed by atoms with Gasteiger partial charge in [-0.3, -0.25) is 0 Å². The quantitative estimate of drug-likeness (QED) is 0.792. The van der Waals surface area contributed by atoms with E-state index in [0.29, 0.717) is 0 Å². The molecule has 0 bridgehead atoms. The van der Waals surface area contributed by atoms with Gasteiger partial charge in [0.2, 0.25) is 0 Å². The summed E-state index contributed by atoms with van der Waals surface area (Å²) in [5.41, 5.74) is 3.60. The third kappa shape index (κ3) is 2.27. The summed E-state index contributed by atoms with van der Waals surface area (Å²) in [6, 6.07) is 6.44. The van der Waals surface area contributed by atoms with E-state index in [-0.39, 0.29) is 0 Å². The number of rotatable bonds is 4. The number of furan rings is 1. The summed E-state index contributed by atoms with van der Waals surface area (Å²) < 4.78 is 5.79. The average Bonchev–Trinajstić information content (AvgIpc) is 2.61. The highest BCUT2D eigenvalue weighted by Gasteiger charge is 2.05. The second-order valence-electron chi connectivity index (χ2n) is 4.36. The molecule has 0 radical (unpaired) electrons. The highest BCUT2D eigenvalue weighted by Crippen LogP contribution is 2.23. The molecule has 1 aromatic carbocycles. The van der Waals surface area contributed by atoms with Crippen LogP contribution in [-0.2, 0) is 6.54 Å². The van der Waals surface area contributed by atoms with E-state index < -0.39 is 0 Å². The standard InChI is InChI=1S/C14H19NO/c1-4-5-15-9-13-8-12-6-10(2)11(3)7-14(12)16-13/h6-8,15H,4-5,9H2,1-3H3. The maximum absolute atomic E-state index is 5.79. The van der Waals surface area contributed by atoms with Gasteiger partial charge in [-0.15, -0.1) is 0 Å². The number of benzene rings is 1. The molecule has 1 heterocycles. The number of hydrogen-bond acceptors (Lipinski definition) is 2. The van der Waals surface area contributed by atoms with E-state index in [2.05, 4.69) is 44.3 Å². The zero-order valence-electron chi connectivity index (χ0n) is 10.3. The fraction of sp³-hybridized carbons (Fsp3) is 0.429. The lowest BCUT2D eigenvalue weighted by Gasteiger charge is -1.98. The molecular weight excluding hydrogens is 198 g/mol. The van der Waals surface area contributed by atoms with Crippen molar-refractivity contribution in [3.8, 4) is 0 Å². The molecular formula is C14H19NO. The van der Waals surface area contributed by atoms with Crippen LogP contribution in [0.4, 0.5) is 0 Å². The molecule has 0 spiro atoms. The molecule has 2 nitrogen and oxygen atoms in total. The van der Waals surface area contributed by atoms with Crippen molar-refractivity contribution in [2.75, 3.05) is 6.54 Å². The maximum Gasteiger partial charge on any atom is 0.134 e. The van der Waals surface area contributed by atoms with Crippen molar-refractivity contribution in [2.24, 2.45) is 0 Å². The van der Waals surface area contributed by atoms with Crippen LogP contribution >= 0.6 is 0 Å². The van der Waals surface area contributed by atoms with Crippen LogP contribution in [0, 0.1) is 13.8 Å². The van der Waals surface area contributed by atoms with Crippen molar-refractivity contribution in [3.63, 3.8) is 0 Å². The molecule has 1 aromatic heterocycles. The second kappa shape index (κ2) is 4.71. The normalized spacial score (nSPS) is 11.2. The predicted octanol–water partition coefficient (Wildman–Crippen LogP) is 3.55. The summed E-state index contributed by atoms with van der Waals surface area (Å²) in [7, 11) is 0. The lowest BCUT2D eigenvalue weighted by Crippen LogP contribution is -2.12. The van der Waals surface area contributed by atoms with Gasteiger partial charge in [-0.2, -0.15) is 0 Å². The zero-order chi connectivity index (χ0) is 11.5. The lowest BCUT2D eigenvalue weighted by molar-refractivity contribution is 0.513. The van der Waals surface area contributed by atoms with Gasteiger partial charge in [0.25, 0.3) is 0 Å². The van der Waals surface area contributed by atoms with Crippen LogP contribution in [-0.4, -0.2) is 6.54 Å². The lowest BCUT2D eigenvalue weighted by atomic mass is 10.1. The molecule has 0 unspecified atom stereocenters. The molecule has 2 heteroatoms. The first-order valence-electron chi connectivity index (χ1n) is 5.91. The summed E-state index contributed by atoms with van der Waals surface area (Å²) >= 11 is 0. The minimum Gasteiger partial charge on any atom is -0.460 e. The molecule has 1 N–H and O–H groups in total. The Morgan fingerprint density at radius 2 is 1.88 bits per heavy atom. The molecule has 0 saturated carbocycles. The van der Waals surface area contributed by atoms with Crippen LogP contribution in [0.3, 0.4) is 0 Å². The third-order valence-corrected chi connectivity index (χ3v) is 2.91. The summed E-state index contributed by atoms with van der Waals surface area (Å²) in [5, 5.41) is 4.55. The molecule has 0 aliphatic rings. The molecule has 0 saturated heterocycles. The van der Waals surface area contributed by atoms with Gasteiger partial charge in [-0.25, -0.2) is 0 Å². The molecule has 0 aliphatic heterocycles. The van der Waals surface area contributed by atoms with Crippen LogP contribution in [0.1, 0.15) is 30.2 Å². The third-order valence-electron chi connectivity index (χ3n) is 2.91. The highest BCUT2D eigenvalue weighted by atomic mass is 16.3. The Morgan fingerprint density at radius 3 is 2.62 bits per heavy atom. The van der Waals surface area contributed by atoms with E-state index in [1.165, 1.54) is 16.5 Å². The van der Waals surface area contributed by atoms with Gasteiger partial charge in [0.15, 0.2) is 0 Å². The molecule has 2 rings (SSSR count). The van der Waals surface area contributed by atoms with Crippen molar-refractivity contribution in [1.82, 2.24) is 5.32 Å². The van der Waals surface area contributed by atoms with Crippen LogP contribution < -0.4 is 5.32 Å². The number of hydrogen-bond donors (Lipinski definition) is 1. The van der Waals surface area contributed by atoms with Crippen molar-refractivity contribution in [2.45, 2.75) is 33.7 Å². The summed E-state index contributed by atoms with van der Waals surface area (Å²) in [6.07, 6.45) is 1.15. The topological polar surface area (TPSA) is 25.2 Å². The van der Waals surface area contributed by atoms with Crippen molar-refractivity contribution < 1.29 is 4.42 Å². The van der Waals surface area contributed by atoms with Crippen molar-refractivity contribution in [1.29, 1.82) is 0 Å². The van der Waals surface area contributed by atoms with Gasteiger partial charge in [0, 0.05) is 5.39 Å². The Labute approximate surface area is 96.6 Å². The summed E-state index contributed by atoms with van der Waals surface area (Å²) in [4.78, 5) is 0. The SMILES string of the molecule is CCCNCc1cc2cc(C)c(C)cc2o1. The van der Waals surface area contributed by atoms with Crippen molar-refractivity contribution >= 4 is 11.0 Å². The van der Waals surface area contributed by atoms with E-state index in [0.717, 1.165) is 30.9 Å². The van der Waals surface area contributed by atoms with Gasteiger partial charge in [0.05, 0.1) is 6.54 Å². The fourth-order valence-electron chi connectivity index (χ4n) is 1.83. The number of aryl methyl sites for hydroxylation is 2. The number of nitrogens with one attached hydrogen (secondary N) is 1. The highest BCUT2D eigenvalue weighted by molar-refractivity contribution is 5.79. The predicted molar refractivity (Wildman–Crippen MR) is 67.7 cm³/mol. The van der Waals surface area contributed by atoms with E-state index >= 15 is 0 Å². The fourth-order valence-corrected chi connectivity index (χ4v) is 1.83. The zero-order valence-corrected chi connectivity index (χ0v) is 10.3. The van der Waals surface area contributed by atoms with Gasteiger partial charge in [-0.05, 0) is 56.1 Å². The van der Waals surface area contributed by atoms with E-state index in [1.54, 1.807) is 0 Å². The summed E-state index contributed by atoms with van der Waals surface area (Å²) in [5.74, 6) is 1.02. The largest absolute Gasteiger partial charge is 0.460 e. The van der Waals surface area contributed by atoms with Gasteiger partial charge in [0.1, 0.15) is 11.3 Å². The molecule has 0 fully saturated rings. The van der Waals surface area contributed by atoms with Crippen LogP contribution in [0.5, 0.6) is 0 Å². The molecule has 86 valence electrons. The van der Waals surface area contributed by atoms with Crippen molar-refractivity contribution in [3.05, 3.63) is 35.1 Å². The van der Waals surface area contributed by atoms with Gasteiger partial charge >= 0.3 is 0 Å². The minimum absolute atomic E-state index is 0.820. The molecule has 16 heavy (non-hydrogen) atoms. The van der Waals surface area contributed by atoms with Crippen LogP contribution in [0.2, 0.25) is 0 Å². The monoisotopic (exact) mass is 217 g/mol. The van der Waals surface area contributed by atoms with E-state index in [4.69, 9.17) is 4.42 Å². The Hall–Kier alpha value is -1.28. The maximum atomic E-state index is 5.79. The smallest absolute Gasteiger partial charge is 0.134 e. The first-order valence-corrected chi connectivity index (χ1v) is 5.91.